The van der Waals surface area contributed by atoms with Gasteiger partial charge in [0.15, 0.2) is 5.71 Å². The minimum atomic E-state index is -0.722. The topological polar surface area (TPSA) is 89.0 Å². The van der Waals surface area contributed by atoms with E-state index in [-0.39, 0.29) is 18.9 Å². The lowest BCUT2D eigenvalue weighted by Crippen LogP contribution is -2.34. The van der Waals surface area contributed by atoms with Gasteiger partial charge in [-0.25, -0.2) is 15.0 Å². The van der Waals surface area contributed by atoms with Crippen LogP contribution in [0.25, 0.3) is 0 Å². The second kappa shape index (κ2) is 7.65. The SMILES string of the molecule is CCOC(=O)/C(CNC)=N\NC(=O)OC(C)(C)C. The fraction of sp³-hybridized carbons (Fsp3) is 0.727. The summed E-state index contributed by atoms with van der Waals surface area (Å²) in [7, 11) is 1.65. The molecular weight excluding hydrogens is 238 g/mol. The van der Waals surface area contributed by atoms with Crippen molar-refractivity contribution in [2.45, 2.75) is 33.3 Å². The van der Waals surface area contributed by atoms with E-state index in [9.17, 15) is 9.59 Å². The van der Waals surface area contributed by atoms with Crippen LogP contribution in [0.4, 0.5) is 4.79 Å². The first-order chi connectivity index (χ1) is 8.30. The number of hydrazone groups is 1. The van der Waals surface area contributed by atoms with Crippen molar-refractivity contribution in [3.63, 3.8) is 0 Å². The fourth-order valence-corrected chi connectivity index (χ4v) is 0.953. The zero-order valence-electron chi connectivity index (χ0n) is 11.5. The van der Waals surface area contributed by atoms with Crippen LogP contribution in [0, 0.1) is 0 Å². The maximum Gasteiger partial charge on any atom is 0.428 e. The first-order valence-electron chi connectivity index (χ1n) is 5.67. The van der Waals surface area contributed by atoms with E-state index < -0.39 is 17.7 Å². The number of nitrogens with zero attached hydrogens (tertiary/aromatic N) is 1. The molecule has 0 rings (SSSR count). The van der Waals surface area contributed by atoms with Crippen LogP contribution < -0.4 is 10.7 Å². The fourth-order valence-electron chi connectivity index (χ4n) is 0.953. The summed E-state index contributed by atoms with van der Waals surface area (Å²) in [5, 5.41) is 6.43. The Morgan fingerprint density at radius 1 is 1.28 bits per heavy atom. The Bertz CT molecular complexity index is 321. The van der Waals surface area contributed by atoms with Crippen molar-refractivity contribution in [3.8, 4) is 0 Å². The van der Waals surface area contributed by atoms with Gasteiger partial charge in [-0.3, -0.25) is 0 Å². The van der Waals surface area contributed by atoms with E-state index in [1.807, 2.05) is 0 Å². The second-order valence-electron chi connectivity index (χ2n) is 4.42. The van der Waals surface area contributed by atoms with Crippen molar-refractivity contribution < 1.29 is 19.1 Å². The average Bonchev–Trinajstić information content (AvgIpc) is 2.21. The Morgan fingerprint density at radius 3 is 2.33 bits per heavy atom. The number of rotatable bonds is 5. The Morgan fingerprint density at radius 2 is 1.89 bits per heavy atom. The van der Waals surface area contributed by atoms with Crippen molar-refractivity contribution in [1.82, 2.24) is 10.7 Å². The summed E-state index contributed by atoms with van der Waals surface area (Å²) in [5.41, 5.74) is 1.61. The van der Waals surface area contributed by atoms with Gasteiger partial charge in [-0.05, 0) is 34.7 Å². The molecule has 0 atom stereocenters. The van der Waals surface area contributed by atoms with E-state index in [1.165, 1.54) is 0 Å². The van der Waals surface area contributed by atoms with E-state index >= 15 is 0 Å². The zero-order valence-corrected chi connectivity index (χ0v) is 11.5. The summed E-state index contributed by atoms with van der Waals surface area (Å²) in [5.74, 6) is -0.581. The van der Waals surface area contributed by atoms with E-state index in [2.05, 4.69) is 15.8 Å². The highest BCUT2D eigenvalue weighted by atomic mass is 16.6. The summed E-state index contributed by atoms with van der Waals surface area (Å²) in [6, 6.07) is 0. The third kappa shape index (κ3) is 7.61. The molecule has 7 heteroatoms. The standard InChI is InChI=1S/C11H21N3O4/c1-6-17-9(15)8(7-12-5)13-14-10(16)18-11(2,3)4/h12H,6-7H2,1-5H3,(H,14,16)/b13-8-. The van der Waals surface area contributed by atoms with Crippen molar-refractivity contribution in [2.24, 2.45) is 5.10 Å². The van der Waals surface area contributed by atoms with Gasteiger partial charge in [0.25, 0.3) is 0 Å². The molecule has 0 heterocycles. The quantitative estimate of drug-likeness (QED) is 0.430. The highest BCUT2D eigenvalue weighted by Crippen LogP contribution is 2.06. The summed E-state index contributed by atoms with van der Waals surface area (Å²) in [6.45, 7) is 7.32. The highest BCUT2D eigenvalue weighted by molar-refractivity contribution is 6.37. The molecule has 2 N–H and O–H groups in total. The number of ether oxygens (including phenoxy) is 2. The minimum absolute atomic E-state index is 0.0743. The number of carbonyl (C=O) groups excluding carboxylic acids is 2. The molecular formula is C11H21N3O4. The number of nitrogens with one attached hydrogen (secondary N) is 2. The first-order valence-corrected chi connectivity index (χ1v) is 5.67. The van der Waals surface area contributed by atoms with Crippen LogP contribution in [0.2, 0.25) is 0 Å². The summed E-state index contributed by atoms with van der Waals surface area (Å²) in [4.78, 5) is 22.8. The molecule has 0 aromatic heterocycles. The number of hydrogen-bond acceptors (Lipinski definition) is 6. The van der Waals surface area contributed by atoms with Crippen LogP contribution in [0.15, 0.2) is 5.10 Å². The summed E-state index contributed by atoms with van der Waals surface area (Å²) in [6.07, 6.45) is -0.722. The van der Waals surface area contributed by atoms with Crippen LogP contribution in [0.5, 0.6) is 0 Å². The molecule has 1 amide bonds. The molecule has 0 aliphatic heterocycles. The molecule has 7 nitrogen and oxygen atoms in total. The second-order valence-corrected chi connectivity index (χ2v) is 4.42. The molecule has 0 saturated heterocycles. The minimum Gasteiger partial charge on any atom is -0.461 e. The summed E-state index contributed by atoms with van der Waals surface area (Å²) < 4.78 is 9.76. The molecule has 18 heavy (non-hydrogen) atoms. The van der Waals surface area contributed by atoms with E-state index in [0.717, 1.165) is 0 Å². The largest absolute Gasteiger partial charge is 0.461 e. The van der Waals surface area contributed by atoms with Gasteiger partial charge in [0.1, 0.15) is 5.60 Å². The molecule has 0 aliphatic carbocycles. The number of esters is 1. The molecule has 0 aromatic rings. The number of amides is 1. The smallest absolute Gasteiger partial charge is 0.428 e. The molecule has 0 aromatic carbocycles. The van der Waals surface area contributed by atoms with Crippen molar-refractivity contribution in [2.75, 3.05) is 20.2 Å². The zero-order chi connectivity index (χ0) is 14.2. The Labute approximate surface area is 107 Å². The molecule has 0 fully saturated rings. The number of carbonyl (C=O) groups is 2. The first kappa shape index (κ1) is 16.4. The maximum absolute atomic E-state index is 11.4. The van der Waals surface area contributed by atoms with Crippen molar-refractivity contribution in [3.05, 3.63) is 0 Å². The molecule has 0 saturated carbocycles. The predicted octanol–water partition coefficient (Wildman–Crippen LogP) is 0.650. The van der Waals surface area contributed by atoms with Crippen LogP contribution in [0.3, 0.4) is 0 Å². The lowest BCUT2D eigenvalue weighted by Gasteiger charge is -2.18. The maximum atomic E-state index is 11.4. The Kier molecular flexibility index (Phi) is 6.96. The lowest BCUT2D eigenvalue weighted by molar-refractivity contribution is -0.135. The molecule has 104 valence electrons. The number of hydrogen-bond donors (Lipinski definition) is 2. The average molecular weight is 259 g/mol. The van der Waals surface area contributed by atoms with Crippen LogP contribution in [-0.2, 0) is 14.3 Å². The van der Waals surface area contributed by atoms with Crippen molar-refractivity contribution in [1.29, 1.82) is 0 Å². The predicted molar refractivity (Wildman–Crippen MR) is 67.4 cm³/mol. The van der Waals surface area contributed by atoms with Gasteiger partial charge in [0, 0.05) is 6.54 Å². The van der Waals surface area contributed by atoms with Gasteiger partial charge in [-0.1, -0.05) is 0 Å². The molecule has 0 spiro atoms. The van der Waals surface area contributed by atoms with Crippen molar-refractivity contribution >= 4 is 17.8 Å². The Balaban J connectivity index is 4.48. The monoisotopic (exact) mass is 259 g/mol. The van der Waals surface area contributed by atoms with E-state index in [4.69, 9.17) is 9.47 Å². The third-order valence-corrected chi connectivity index (χ3v) is 1.54. The van der Waals surface area contributed by atoms with E-state index in [0.29, 0.717) is 0 Å². The van der Waals surface area contributed by atoms with Gasteiger partial charge < -0.3 is 14.8 Å². The normalized spacial score (nSPS) is 11.9. The van der Waals surface area contributed by atoms with Crippen LogP contribution in [0.1, 0.15) is 27.7 Å². The summed E-state index contributed by atoms with van der Waals surface area (Å²) >= 11 is 0. The molecule has 0 aliphatic rings. The van der Waals surface area contributed by atoms with E-state index in [1.54, 1.807) is 34.7 Å². The molecule has 0 radical (unpaired) electrons. The third-order valence-electron chi connectivity index (χ3n) is 1.54. The lowest BCUT2D eigenvalue weighted by atomic mass is 10.2. The van der Waals surface area contributed by atoms with Gasteiger partial charge in [-0.2, -0.15) is 5.10 Å². The van der Waals surface area contributed by atoms with Crippen LogP contribution in [-0.4, -0.2) is 43.6 Å². The highest BCUT2D eigenvalue weighted by Gasteiger charge is 2.17. The molecule has 0 bridgehead atoms. The van der Waals surface area contributed by atoms with Gasteiger partial charge in [0.2, 0.25) is 0 Å². The van der Waals surface area contributed by atoms with Gasteiger partial charge >= 0.3 is 12.1 Å². The molecule has 0 unspecified atom stereocenters. The van der Waals surface area contributed by atoms with Gasteiger partial charge in [-0.15, -0.1) is 0 Å². The Hall–Kier alpha value is -1.63. The van der Waals surface area contributed by atoms with Crippen LogP contribution >= 0.6 is 0 Å². The van der Waals surface area contributed by atoms with Gasteiger partial charge in [0.05, 0.1) is 6.61 Å².